The second kappa shape index (κ2) is 9.64. The molecule has 4 N–H and O–H groups in total. The van der Waals surface area contributed by atoms with Crippen molar-refractivity contribution < 1.29 is 27.4 Å². The lowest BCUT2D eigenvalue weighted by molar-refractivity contribution is -0.213. The Kier molecular flexibility index (Phi) is 6.87. The first-order chi connectivity index (χ1) is 17.3. The van der Waals surface area contributed by atoms with Gasteiger partial charge in [-0.1, -0.05) is 17.7 Å². The minimum absolute atomic E-state index is 0.0176. The molecule has 0 aromatic carbocycles. The number of ether oxygens (including phenoxy) is 1. The van der Waals surface area contributed by atoms with E-state index < -0.39 is 28.5 Å². The second-order valence-electron chi connectivity index (χ2n) is 8.68. The first kappa shape index (κ1) is 26.4. The van der Waals surface area contributed by atoms with E-state index in [4.69, 9.17) is 16.9 Å². The molecule has 1 aliphatic heterocycles. The standard InChI is InChI=1S/C23H21F4N7O2S/c1-4-7-36-15-10-30-16-14(33-15)5-6-29-18(16)32-12-8-13(17(24)31-9-12)21(2)11-22(3,37-20(28)34-21)19(35)23(25,26)27/h1,5-6,8-10,19,35H,7,11H2,2-3H3,(H2,28,34)(H,29,32)/t19-,21-,22+/m0/s1. The maximum atomic E-state index is 14.9. The Morgan fingerprint density at radius 3 is 2.76 bits per heavy atom. The van der Waals surface area contributed by atoms with Gasteiger partial charge in [-0.2, -0.15) is 17.6 Å². The highest BCUT2D eigenvalue weighted by atomic mass is 32.2. The summed E-state index contributed by atoms with van der Waals surface area (Å²) in [6, 6.07) is 2.96. The van der Waals surface area contributed by atoms with E-state index in [0.29, 0.717) is 22.8 Å². The Bertz CT molecular complexity index is 1410. The average molecular weight is 536 g/mol. The number of terminal acetylenes is 1. The van der Waals surface area contributed by atoms with Gasteiger partial charge < -0.3 is 20.9 Å². The van der Waals surface area contributed by atoms with E-state index in [-0.39, 0.29) is 41.1 Å². The van der Waals surface area contributed by atoms with E-state index in [0.717, 1.165) is 0 Å². The number of anilines is 2. The van der Waals surface area contributed by atoms with Gasteiger partial charge >= 0.3 is 6.18 Å². The first-order valence-corrected chi connectivity index (χ1v) is 11.6. The van der Waals surface area contributed by atoms with Crippen LogP contribution in [0.5, 0.6) is 5.88 Å². The minimum Gasteiger partial charge on any atom is -0.463 e. The second-order valence-corrected chi connectivity index (χ2v) is 10.2. The van der Waals surface area contributed by atoms with Crippen LogP contribution in [0.3, 0.4) is 0 Å². The van der Waals surface area contributed by atoms with Crippen molar-refractivity contribution in [1.29, 1.82) is 0 Å². The number of nitrogens with two attached hydrogens (primary N) is 1. The van der Waals surface area contributed by atoms with Crippen molar-refractivity contribution in [1.82, 2.24) is 19.9 Å². The number of hydrogen-bond acceptors (Lipinski definition) is 10. The lowest BCUT2D eigenvalue weighted by atomic mass is 9.81. The molecule has 37 heavy (non-hydrogen) atoms. The van der Waals surface area contributed by atoms with Crippen LogP contribution in [0.15, 0.2) is 35.7 Å². The highest BCUT2D eigenvalue weighted by Crippen LogP contribution is 2.50. The summed E-state index contributed by atoms with van der Waals surface area (Å²) < 4.78 is 58.6. The third kappa shape index (κ3) is 5.37. The van der Waals surface area contributed by atoms with Crippen molar-refractivity contribution >= 4 is 39.5 Å². The zero-order valence-electron chi connectivity index (χ0n) is 19.5. The highest BCUT2D eigenvalue weighted by molar-refractivity contribution is 8.15. The SMILES string of the molecule is C#CCOc1cnc2c(Nc3cnc(F)c([C@]4(C)C[C@](C)([C@H](O)C(F)(F)F)SC(N)=N4)c3)nccc2n1. The fourth-order valence-electron chi connectivity index (χ4n) is 4.15. The van der Waals surface area contributed by atoms with Crippen LogP contribution in [0.1, 0.15) is 25.8 Å². The van der Waals surface area contributed by atoms with Gasteiger partial charge in [-0.15, -0.1) is 6.42 Å². The van der Waals surface area contributed by atoms with Crippen LogP contribution >= 0.6 is 11.8 Å². The number of amidine groups is 1. The maximum absolute atomic E-state index is 14.9. The van der Waals surface area contributed by atoms with Crippen LogP contribution in [0.25, 0.3) is 11.0 Å². The molecule has 0 aliphatic carbocycles. The van der Waals surface area contributed by atoms with E-state index in [1.54, 1.807) is 6.07 Å². The number of hydrogen-bond donors (Lipinski definition) is 3. The van der Waals surface area contributed by atoms with Crippen molar-refractivity contribution in [3.05, 3.63) is 42.2 Å². The lowest BCUT2D eigenvalue weighted by Gasteiger charge is -2.43. The van der Waals surface area contributed by atoms with Crippen molar-refractivity contribution in [3.8, 4) is 18.2 Å². The molecule has 0 amide bonds. The number of aromatic nitrogens is 4. The molecule has 3 aromatic rings. The zero-order chi connectivity index (χ0) is 27.0. The number of alkyl halides is 3. The molecule has 1 aliphatic rings. The Balaban J connectivity index is 1.69. The van der Waals surface area contributed by atoms with Crippen LogP contribution in [0.4, 0.5) is 29.1 Å². The number of halogens is 4. The summed E-state index contributed by atoms with van der Waals surface area (Å²) in [5.74, 6) is 1.87. The highest BCUT2D eigenvalue weighted by Gasteiger charge is 2.56. The van der Waals surface area contributed by atoms with Gasteiger partial charge in [0.15, 0.2) is 23.7 Å². The molecular formula is C23H21F4N7O2S. The third-order valence-electron chi connectivity index (χ3n) is 5.70. The van der Waals surface area contributed by atoms with Crippen LogP contribution < -0.4 is 15.8 Å². The molecule has 3 aromatic heterocycles. The Morgan fingerprint density at radius 1 is 1.30 bits per heavy atom. The summed E-state index contributed by atoms with van der Waals surface area (Å²) in [6.07, 6.45) is 1.22. The summed E-state index contributed by atoms with van der Waals surface area (Å²) in [4.78, 5) is 20.8. The Labute approximate surface area is 213 Å². The van der Waals surface area contributed by atoms with E-state index in [2.05, 4.69) is 36.2 Å². The molecule has 0 bridgehead atoms. The smallest absolute Gasteiger partial charge is 0.415 e. The van der Waals surface area contributed by atoms with Crippen LogP contribution in [0.2, 0.25) is 0 Å². The lowest BCUT2D eigenvalue weighted by Crippen LogP contribution is -2.53. The molecule has 0 fully saturated rings. The largest absolute Gasteiger partial charge is 0.463 e. The van der Waals surface area contributed by atoms with Crippen LogP contribution in [-0.2, 0) is 5.54 Å². The van der Waals surface area contributed by atoms with Gasteiger partial charge in [-0.25, -0.2) is 19.9 Å². The minimum atomic E-state index is -4.91. The number of fused-ring (bicyclic) bond motifs is 1. The molecule has 3 atom stereocenters. The molecule has 14 heteroatoms. The zero-order valence-corrected chi connectivity index (χ0v) is 20.4. The monoisotopic (exact) mass is 535 g/mol. The fourth-order valence-corrected chi connectivity index (χ4v) is 5.48. The number of pyridine rings is 2. The van der Waals surface area contributed by atoms with Gasteiger partial charge in [0.05, 0.1) is 33.9 Å². The quantitative estimate of drug-likeness (QED) is 0.246. The van der Waals surface area contributed by atoms with Crippen molar-refractivity contribution in [2.24, 2.45) is 10.7 Å². The first-order valence-electron chi connectivity index (χ1n) is 10.7. The average Bonchev–Trinajstić information content (AvgIpc) is 2.82. The number of thioether (sulfide) groups is 1. The Morgan fingerprint density at radius 2 is 2.05 bits per heavy atom. The molecule has 4 rings (SSSR count). The number of aliphatic imine (C=N–C) groups is 1. The molecule has 0 spiro atoms. The molecular weight excluding hydrogens is 514 g/mol. The predicted molar refractivity (Wildman–Crippen MR) is 131 cm³/mol. The van der Waals surface area contributed by atoms with E-state index in [1.165, 1.54) is 38.5 Å². The van der Waals surface area contributed by atoms with E-state index in [9.17, 15) is 22.7 Å². The number of aliphatic hydroxyl groups is 1. The molecule has 0 saturated heterocycles. The van der Waals surface area contributed by atoms with Gasteiger partial charge in [0.2, 0.25) is 11.8 Å². The molecule has 4 heterocycles. The van der Waals surface area contributed by atoms with Crippen molar-refractivity contribution in [2.45, 2.75) is 42.8 Å². The van der Waals surface area contributed by atoms with Crippen molar-refractivity contribution in [3.63, 3.8) is 0 Å². The molecule has 0 saturated carbocycles. The molecule has 9 nitrogen and oxygen atoms in total. The number of nitrogens with zero attached hydrogens (tertiary/aromatic N) is 5. The van der Waals surface area contributed by atoms with Gasteiger partial charge in [-0.05, 0) is 32.4 Å². The van der Waals surface area contributed by atoms with Gasteiger partial charge in [0.1, 0.15) is 5.52 Å². The number of nitrogens with one attached hydrogen (secondary N) is 1. The number of aliphatic hydroxyl groups excluding tert-OH is 1. The molecule has 194 valence electrons. The Hall–Kier alpha value is -3.70. The van der Waals surface area contributed by atoms with Gasteiger partial charge in [0.25, 0.3) is 0 Å². The van der Waals surface area contributed by atoms with Crippen LogP contribution in [-0.4, -0.2) is 53.8 Å². The van der Waals surface area contributed by atoms with E-state index in [1.807, 2.05) is 0 Å². The van der Waals surface area contributed by atoms with E-state index >= 15 is 0 Å². The maximum Gasteiger partial charge on any atom is 0.415 e. The van der Waals surface area contributed by atoms with Gasteiger partial charge in [-0.3, -0.25) is 4.99 Å². The van der Waals surface area contributed by atoms with Crippen LogP contribution in [0, 0.1) is 18.3 Å². The van der Waals surface area contributed by atoms with Gasteiger partial charge in [0, 0.05) is 11.8 Å². The molecule has 0 radical (unpaired) electrons. The van der Waals surface area contributed by atoms with Crippen molar-refractivity contribution in [2.75, 3.05) is 11.9 Å². The molecule has 0 unspecified atom stereocenters. The third-order valence-corrected chi connectivity index (χ3v) is 6.84. The fraction of sp³-hybridized carbons (Fsp3) is 0.348. The summed E-state index contributed by atoms with van der Waals surface area (Å²) >= 11 is 0.594. The number of rotatable bonds is 6. The summed E-state index contributed by atoms with van der Waals surface area (Å²) in [6.45, 7) is 2.66. The summed E-state index contributed by atoms with van der Waals surface area (Å²) in [5, 5.41) is 12.8. The summed E-state index contributed by atoms with van der Waals surface area (Å²) in [5.41, 5.74) is 5.25. The normalized spacial score (nSPS) is 22.7. The summed E-state index contributed by atoms with van der Waals surface area (Å²) in [7, 11) is 0. The predicted octanol–water partition coefficient (Wildman–Crippen LogP) is 3.66. The topological polar surface area (TPSA) is 131 Å².